The summed E-state index contributed by atoms with van der Waals surface area (Å²) in [5, 5.41) is 0. The predicted octanol–water partition coefficient (Wildman–Crippen LogP) is 2.44. The molecule has 0 aromatic carbocycles. The maximum absolute atomic E-state index is 12.0. The second-order valence-corrected chi connectivity index (χ2v) is 5.29. The van der Waals surface area contributed by atoms with Crippen molar-refractivity contribution in [1.82, 2.24) is 4.90 Å². The molecule has 0 radical (unpaired) electrons. The van der Waals surface area contributed by atoms with Crippen molar-refractivity contribution < 1.29 is 9.21 Å². The van der Waals surface area contributed by atoms with Gasteiger partial charge >= 0.3 is 0 Å². The highest BCUT2D eigenvalue weighted by Gasteiger charge is 2.42. The zero-order chi connectivity index (χ0) is 12.6. The topological polar surface area (TPSA) is 59.5 Å². The van der Waals surface area contributed by atoms with Gasteiger partial charge in [-0.3, -0.25) is 4.79 Å². The third-order valence-electron chi connectivity index (χ3n) is 3.35. The molecule has 0 spiro atoms. The van der Waals surface area contributed by atoms with Crippen molar-refractivity contribution >= 4 is 21.8 Å². The number of carbonyl (C=O) groups is 1. The lowest BCUT2D eigenvalue weighted by Crippen LogP contribution is -2.38. The lowest BCUT2D eigenvalue weighted by Gasteiger charge is -2.30. The van der Waals surface area contributed by atoms with Crippen LogP contribution >= 0.6 is 15.9 Å². The molecule has 2 heterocycles. The third-order valence-corrected chi connectivity index (χ3v) is 3.78. The zero-order valence-electron chi connectivity index (χ0n) is 10.0. The van der Waals surface area contributed by atoms with E-state index in [4.69, 9.17) is 10.2 Å². The summed E-state index contributed by atoms with van der Waals surface area (Å²) in [6, 6.07) is 3.57. The molecule has 5 heteroatoms. The first-order valence-corrected chi connectivity index (χ1v) is 6.65. The summed E-state index contributed by atoms with van der Waals surface area (Å²) >= 11 is 3.28. The number of nitrogens with zero attached hydrogens (tertiary/aromatic N) is 1. The highest BCUT2D eigenvalue weighted by molar-refractivity contribution is 9.10. The Balaban J connectivity index is 2.32. The number of halogens is 1. The molecular weight excluding hydrogens is 284 g/mol. The van der Waals surface area contributed by atoms with E-state index in [-0.39, 0.29) is 24.0 Å². The van der Waals surface area contributed by atoms with Gasteiger partial charge in [0.25, 0.3) is 0 Å². The van der Waals surface area contributed by atoms with Crippen LogP contribution in [-0.2, 0) is 4.79 Å². The molecule has 2 rings (SSSR count). The van der Waals surface area contributed by atoms with E-state index in [0.29, 0.717) is 11.1 Å². The largest absolute Gasteiger partial charge is 0.452 e. The van der Waals surface area contributed by atoms with Crippen LogP contribution in [0.1, 0.15) is 38.5 Å². The number of amides is 1. The molecule has 94 valence electrons. The van der Waals surface area contributed by atoms with Crippen molar-refractivity contribution in [3.05, 3.63) is 22.6 Å². The van der Waals surface area contributed by atoms with Gasteiger partial charge < -0.3 is 15.1 Å². The van der Waals surface area contributed by atoms with Crippen molar-refractivity contribution in [1.29, 1.82) is 0 Å². The molecule has 1 fully saturated rings. The average Bonchev–Trinajstić information content (AvgIpc) is 2.81. The maximum Gasteiger partial charge on any atom is 0.225 e. The van der Waals surface area contributed by atoms with Gasteiger partial charge in [-0.05, 0) is 41.4 Å². The van der Waals surface area contributed by atoms with E-state index in [0.717, 1.165) is 12.2 Å². The average molecular weight is 301 g/mol. The van der Waals surface area contributed by atoms with Gasteiger partial charge in [-0.15, -0.1) is 0 Å². The molecule has 17 heavy (non-hydrogen) atoms. The van der Waals surface area contributed by atoms with Gasteiger partial charge in [0.1, 0.15) is 11.8 Å². The van der Waals surface area contributed by atoms with E-state index in [1.54, 1.807) is 0 Å². The van der Waals surface area contributed by atoms with Gasteiger partial charge in [-0.2, -0.15) is 0 Å². The van der Waals surface area contributed by atoms with Crippen molar-refractivity contribution in [2.45, 2.75) is 44.8 Å². The van der Waals surface area contributed by atoms with Crippen LogP contribution in [0.15, 0.2) is 21.2 Å². The standard InChI is InChI=1S/C12H17BrN2O2/c1-3-7(2)15-11(16)6-8(14)12(15)9-4-5-10(13)17-9/h4-5,7-8,12H,3,6,14H2,1-2H3. The molecule has 0 bridgehead atoms. The first kappa shape index (κ1) is 12.6. The summed E-state index contributed by atoms with van der Waals surface area (Å²) in [7, 11) is 0. The van der Waals surface area contributed by atoms with Crippen LogP contribution in [0.25, 0.3) is 0 Å². The van der Waals surface area contributed by atoms with Crippen LogP contribution in [-0.4, -0.2) is 22.9 Å². The normalized spacial score (nSPS) is 26.6. The van der Waals surface area contributed by atoms with Gasteiger partial charge in [0.05, 0.1) is 0 Å². The molecule has 1 aromatic heterocycles. The van der Waals surface area contributed by atoms with Crippen molar-refractivity contribution in [2.24, 2.45) is 5.73 Å². The summed E-state index contributed by atoms with van der Waals surface area (Å²) in [5.41, 5.74) is 6.06. The van der Waals surface area contributed by atoms with Gasteiger partial charge in [0.15, 0.2) is 4.67 Å². The summed E-state index contributed by atoms with van der Waals surface area (Å²) in [6.07, 6.45) is 1.31. The SMILES string of the molecule is CCC(C)N1C(=O)CC(N)C1c1ccc(Br)o1. The van der Waals surface area contributed by atoms with Gasteiger partial charge in [0.2, 0.25) is 5.91 Å². The second-order valence-electron chi connectivity index (χ2n) is 4.51. The fraction of sp³-hybridized carbons (Fsp3) is 0.583. The molecule has 1 amide bonds. The Morgan fingerprint density at radius 3 is 2.88 bits per heavy atom. The van der Waals surface area contributed by atoms with E-state index in [2.05, 4.69) is 22.9 Å². The maximum atomic E-state index is 12.0. The molecule has 1 aliphatic rings. The molecular formula is C12H17BrN2O2. The first-order valence-electron chi connectivity index (χ1n) is 5.86. The molecule has 0 saturated carbocycles. The van der Waals surface area contributed by atoms with Crippen LogP contribution in [0.3, 0.4) is 0 Å². The zero-order valence-corrected chi connectivity index (χ0v) is 11.6. The van der Waals surface area contributed by atoms with E-state index >= 15 is 0 Å². The van der Waals surface area contributed by atoms with Crippen LogP contribution in [0.4, 0.5) is 0 Å². The minimum Gasteiger partial charge on any atom is -0.452 e. The molecule has 1 saturated heterocycles. The van der Waals surface area contributed by atoms with Crippen molar-refractivity contribution in [2.75, 3.05) is 0 Å². The number of hydrogen-bond donors (Lipinski definition) is 1. The van der Waals surface area contributed by atoms with Gasteiger partial charge in [-0.25, -0.2) is 0 Å². The monoisotopic (exact) mass is 300 g/mol. The Bertz CT molecular complexity index is 418. The number of rotatable bonds is 3. The Morgan fingerprint density at radius 1 is 1.65 bits per heavy atom. The number of hydrogen-bond acceptors (Lipinski definition) is 3. The lowest BCUT2D eigenvalue weighted by atomic mass is 10.1. The summed E-state index contributed by atoms with van der Waals surface area (Å²) in [5.74, 6) is 0.875. The number of likely N-dealkylation sites (tertiary alicyclic amines) is 1. The molecule has 1 aliphatic heterocycles. The molecule has 1 aromatic rings. The van der Waals surface area contributed by atoms with Crippen molar-refractivity contribution in [3.63, 3.8) is 0 Å². The second kappa shape index (κ2) is 4.82. The quantitative estimate of drug-likeness (QED) is 0.933. The van der Waals surface area contributed by atoms with Crippen molar-refractivity contribution in [3.8, 4) is 0 Å². The van der Waals surface area contributed by atoms with E-state index in [9.17, 15) is 4.79 Å². The van der Waals surface area contributed by atoms with Crippen LogP contribution in [0.5, 0.6) is 0 Å². The lowest BCUT2D eigenvalue weighted by molar-refractivity contribution is -0.131. The number of carbonyl (C=O) groups excluding carboxylic acids is 1. The molecule has 3 unspecified atom stereocenters. The molecule has 4 nitrogen and oxygen atoms in total. The third kappa shape index (κ3) is 2.26. The fourth-order valence-corrected chi connectivity index (χ4v) is 2.65. The van der Waals surface area contributed by atoms with Gasteiger partial charge in [-0.1, -0.05) is 6.92 Å². The molecule has 0 aliphatic carbocycles. The molecule has 2 N–H and O–H groups in total. The fourth-order valence-electron chi connectivity index (χ4n) is 2.33. The number of nitrogens with two attached hydrogens (primary N) is 1. The van der Waals surface area contributed by atoms with E-state index in [1.165, 1.54) is 0 Å². The Morgan fingerprint density at radius 2 is 2.35 bits per heavy atom. The summed E-state index contributed by atoms with van der Waals surface area (Å²) in [6.45, 7) is 4.11. The van der Waals surface area contributed by atoms with E-state index in [1.807, 2.05) is 24.0 Å². The predicted molar refractivity (Wildman–Crippen MR) is 68.3 cm³/mol. The highest BCUT2D eigenvalue weighted by Crippen LogP contribution is 2.36. The highest BCUT2D eigenvalue weighted by atomic mass is 79.9. The summed E-state index contributed by atoms with van der Waals surface area (Å²) in [4.78, 5) is 13.8. The van der Waals surface area contributed by atoms with Crippen LogP contribution in [0, 0.1) is 0 Å². The van der Waals surface area contributed by atoms with Crippen LogP contribution < -0.4 is 5.73 Å². The Kier molecular flexibility index (Phi) is 3.58. The summed E-state index contributed by atoms with van der Waals surface area (Å²) < 4.78 is 6.22. The van der Waals surface area contributed by atoms with Crippen LogP contribution in [0.2, 0.25) is 0 Å². The minimum absolute atomic E-state index is 0.115. The number of furan rings is 1. The smallest absolute Gasteiger partial charge is 0.225 e. The molecule has 3 atom stereocenters. The first-order chi connectivity index (χ1) is 8.04. The minimum atomic E-state index is -0.186. The van der Waals surface area contributed by atoms with E-state index < -0.39 is 0 Å². The van der Waals surface area contributed by atoms with Gasteiger partial charge in [0, 0.05) is 18.5 Å². The Hall–Kier alpha value is -0.810. The Labute approximate surface area is 109 Å².